The summed E-state index contributed by atoms with van der Waals surface area (Å²) >= 11 is 2.25. The van der Waals surface area contributed by atoms with E-state index in [1.54, 1.807) is 14.2 Å². The lowest BCUT2D eigenvalue weighted by Crippen LogP contribution is -2.00. The summed E-state index contributed by atoms with van der Waals surface area (Å²) in [5, 5.41) is 0. The van der Waals surface area contributed by atoms with E-state index in [2.05, 4.69) is 42.5 Å². The monoisotopic (exact) mass is 320 g/mol. The van der Waals surface area contributed by atoms with Gasteiger partial charge in [-0.3, -0.25) is 0 Å². The Bertz CT molecular complexity index is 335. The molecule has 0 aliphatic rings. The number of halogens is 1. The Morgan fingerprint density at radius 3 is 2.20 bits per heavy atom. The smallest absolute Gasteiger partial charge is 0.132 e. The lowest BCUT2D eigenvalue weighted by molar-refractivity contribution is 0.394. The second-order valence-electron chi connectivity index (χ2n) is 3.90. The molecular formula is C12H17IO2. The topological polar surface area (TPSA) is 18.5 Å². The summed E-state index contributed by atoms with van der Waals surface area (Å²) < 4.78 is 11.8. The molecule has 0 heterocycles. The summed E-state index contributed by atoms with van der Waals surface area (Å²) in [4.78, 5) is 0. The molecule has 0 bridgehead atoms. The molecule has 0 aromatic heterocycles. The van der Waals surface area contributed by atoms with Crippen molar-refractivity contribution in [3.05, 3.63) is 21.3 Å². The summed E-state index contributed by atoms with van der Waals surface area (Å²) in [6.07, 6.45) is 1.01. The van der Waals surface area contributed by atoms with Gasteiger partial charge in [0.2, 0.25) is 0 Å². The van der Waals surface area contributed by atoms with Crippen molar-refractivity contribution in [2.24, 2.45) is 5.92 Å². The summed E-state index contributed by atoms with van der Waals surface area (Å²) in [5.74, 6) is 2.49. The molecule has 0 unspecified atom stereocenters. The van der Waals surface area contributed by atoms with Crippen molar-refractivity contribution in [1.29, 1.82) is 0 Å². The maximum Gasteiger partial charge on any atom is 0.132 e. The molecule has 0 fully saturated rings. The highest BCUT2D eigenvalue weighted by atomic mass is 127. The predicted octanol–water partition coefficient (Wildman–Crippen LogP) is 3.51. The van der Waals surface area contributed by atoms with Crippen LogP contribution in [0.4, 0.5) is 0 Å². The van der Waals surface area contributed by atoms with E-state index in [4.69, 9.17) is 9.47 Å². The van der Waals surface area contributed by atoms with Gasteiger partial charge in [-0.15, -0.1) is 0 Å². The van der Waals surface area contributed by atoms with Crippen molar-refractivity contribution in [2.45, 2.75) is 20.3 Å². The highest BCUT2D eigenvalue weighted by Gasteiger charge is 2.10. The Morgan fingerprint density at radius 2 is 1.73 bits per heavy atom. The van der Waals surface area contributed by atoms with Gasteiger partial charge >= 0.3 is 0 Å². The van der Waals surface area contributed by atoms with Gasteiger partial charge in [0.25, 0.3) is 0 Å². The van der Waals surface area contributed by atoms with Gasteiger partial charge in [-0.25, -0.2) is 0 Å². The van der Waals surface area contributed by atoms with E-state index in [0.29, 0.717) is 5.92 Å². The minimum atomic E-state index is 0.615. The quantitative estimate of drug-likeness (QED) is 0.791. The van der Waals surface area contributed by atoms with Gasteiger partial charge in [-0.05, 0) is 52.6 Å². The fraction of sp³-hybridized carbons (Fsp3) is 0.500. The molecule has 84 valence electrons. The van der Waals surface area contributed by atoms with Crippen molar-refractivity contribution in [3.8, 4) is 11.5 Å². The molecule has 0 aliphatic carbocycles. The normalized spacial score (nSPS) is 10.5. The lowest BCUT2D eigenvalue weighted by Gasteiger charge is -2.13. The van der Waals surface area contributed by atoms with Gasteiger partial charge in [0, 0.05) is 0 Å². The molecular weight excluding hydrogens is 303 g/mol. The van der Waals surface area contributed by atoms with E-state index < -0.39 is 0 Å². The molecule has 0 amide bonds. The van der Waals surface area contributed by atoms with E-state index in [-0.39, 0.29) is 0 Å². The molecule has 3 heteroatoms. The minimum absolute atomic E-state index is 0.615. The van der Waals surface area contributed by atoms with Gasteiger partial charge in [-0.1, -0.05) is 13.8 Å². The van der Waals surface area contributed by atoms with Crippen LogP contribution in [0.15, 0.2) is 12.1 Å². The van der Waals surface area contributed by atoms with Gasteiger partial charge in [0.15, 0.2) is 0 Å². The minimum Gasteiger partial charge on any atom is -0.496 e. The average molecular weight is 320 g/mol. The molecule has 0 spiro atoms. The molecule has 0 aliphatic heterocycles. The van der Waals surface area contributed by atoms with Crippen LogP contribution in [0, 0.1) is 9.49 Å². The number of hydrogen-bond acceptors (Lipinski definition) is 2. The number of benzene rings is 1. The molecule has 0 saturated heterocycles. The molecule has 1 rings (SSSR count). The first-order chi connectivity index (χ1) is 7.08. The third-order valence-corrected chi connectivity index (χ3v) is 3.03. The molecule has 15 heavy (non-hydrogen) atoms. The zero-order valence-electron chi connectivity index (χ0n) is 9.63. The van der Waals surface area contributed by atoms with Crippen LogP contribution in [0.5, 0.6) is 11.5 Å². The Hall–Kier alpha value is -0.450. The molecule has 1 aromatic rings. The Balaban J connectivity index is 3.10. The van der Waals surface area contributed by atoms with Gasteiger partial charge < -0.3 is 9.47 Å². The Morgan fingerprint density at radius 1 is 1.13 bits per heavy atom. The van der Waals surface area contributed by atoms with Crippen LogP contribution in [0.1, 0.15) is 19.4 Å². The SMILES string of the molecule is COc1cc(CC(C)C)c(OC)cc1I. The molecule has 1 aromatic carbocycles. The van der Waals surface area contributed by atoms with Crippen molar-refractivity contribution in [3.63, 3.8) is 0 Å². The van der Waals surface area contributed by atoms with Gasteiger partial charge in [0.05, 0.1) is 17.8 Å². The van der Waals surface area contributed by atoms with Crippen molar-refractivity contribution >= 4 is 22.6 Å². The Labute approximate surface area is 105 Å². The fourth-order valence-electron chi connectivity index (χ4n) is 1.52. The zero-order chi connectivity index (χ0) is 11.4. The second kappa shape index (κ2) is 5.58. The van der Waals surface area contributed by atoms with E-state index in [1.807, 2.05) is 6.07 Å². The molecule has 0 saturated carbocycles. The highest BCUT2D eigenvalue weighted by molar-refractivity contribution is 14.1. The molecule has 0 radical (unpaired) electrons. The van der Waals surface area contributed by atoms with Crippen LogP contribution >= 0.6 is 22.6 Å². The summed E-state index contributed by atoms with van der Waals surface area (Å²) in [5.41, 5.74) is 1.21. The van der Waals surface area contributed by atoms with Crippen molar-refractivity contribution in [2.75, 3.05) is 14.2 Å². The third-order valence-electron chi connectivity index (χ3n) is 2.18. The van der Waals surface area contributed by atoms with Crippen molar-refractivity contribution in [1.82, 2.24) is 0 Å². The van der Waals surface area contributed by atoms with E-state index in [9.17, 15) is 0 Å². The van der Waals surface area contributed by atoms with Gasteiger partial charge in [-0.2, -0.15) is 0 Å². The van der Waals surface area contributed by atoms with Crippen LogP contribution in [-0.4, -0.2) is 14.2 Å². The second-order valence-corrected chi connectivity index (χ2v) is 5.06. The first-order valence-electron chi connectivity index (χ1n) is 4.98. The third kappa shape index (κ3) is 3.26. The number of ether oxygens (including phenoxy) is 2. The van der Waals surface area contributed by atoms with E-state index >= 15 is 0 Å². The lowest BCUT2D eigenvalue weighted by atomic mass is 10.0. The van der Waals surface area contributed by atoms with E-state index in [1.165, 1.54) is 5.56 Å². The van der Waals surface area contributed by atoms with Crippen LogP contribution in [0.3, 0.4) is 0 Å². The number of hydrogen-bond donors (Lipinski definition) is 0. The maximum atomic E-state index is 5.37. The summed E-state index contributed by atoms with van der Waals surface area (Å²) in [7, 11) is 3.41. The van der Waals surface area contributed by atoms with Crippen LogP contribution in [0.2, 0.25) is 0 Å². The summed E-state index contributed by atoms with van der Waals surface area (Å²) in [6, 6.07) is 4.09. The van der Waals surface area contributed by atoms with Crippen LogP contribution in [0.25, 0.3) is 0 Å². The van der Waals surface area contributed by atoms with Gasteiger partial charge in [0.1, 0.15) is 11.5 Å². The zero-order valence-corrected chi connectivity index (χ0v) is 11.8. The molecule has 0 N–H and O–H groups in total. The number of rotatable bonds is 4. The highest BCUT2D eigenvalue weighted by Crippen LogP contribution is 2.31. The molecule has 0 atom stereocenters. The maximum absolute atomic E-state index is 5.37. The standard InChI is InChI=1S/C12H17IO2/c1-8(2)5-9-6-12(15-4)10(13)7-11(9)14-3/h6-8H,5H2,1-4H3. The summed E-state index contributed by atoms with van der Waals surface area (Å²) in [6.45, 7) is 4.40. The first-order valence-corrected chi connectivity index (χ1v) is 6.06. The fourth-order valence-corrected chi connectivity index (χ4v) is 2.18. The van der Waals surface area contributed by atoms with Crippen LogP contribution in [-0.2, 0) is 6.42 Å². The Kier molecular flexibility index (Phi) is 4.70. The first kappa shape index (κ1) is 12.6. The van der Waals surface area contributed by atoms with Crippen LogP contribution < -0.4 is 9.47 Å². The average Bonchev–Trinajstić information content (AvgIpc) is 2.19. The van der Waals surface area contributed by atoms with E-state index in [0.717, 1.165) is 21.5 Å². The van der Waals surface area contributed by atoms with Crippen molar-refractivity contribution < 1.29 is 9.47 Å². The predicted molar refractivity (Wildman–Crippen MR) is 70.8 cm³/mol. The number of methoxy groups -OCH3 is 2. The molecule has 2 nitrogen and oxygen atoms in total. The largest absolute Gasteiger partial charge is 0.496 e.